The zero-order valence-electron chi connectivity index (χ0n) is 18.8. The number of methoxy groups -OCH3 is 1. The Labute approximate surface area is 206 Å². The third kappa shape index (κ3) is 6.48. The highest BCUT2D eigenvalue weighted by Gasteiger charge is 2.23. The average molecular weight is 556 g/mol. The molecule has 0 amide bonds. The minimum Gasteiger partial charge on any atom is -0.377 e. The Bertz CT molecular complexity index is 853. The predicted molar refractivity (Wildman–Crippen MR) is 133 cm³/mol. The van der Waals surface area contributed by atoms with Crippen LogP contribution in [0.2, 0.25) is 0 Å². The molecule has 4 rings (SSSR count). The Kier molecular flexibility index (Phi) is 9.41. The van der Waals surface area contributed by atoms with E-state index in [1.165, 1.54) is 0 Å². The quantitative estimate of drug-likeness (QED) is 0.280. The summed E-state index contributed by atoms with van der Waals surface area (Å²) in [5.41, 5.74) is 0. The van der Waals surface area contributed by atoms with Crippen molar-refractivity contribution in [2.24, 2.45) is 4.99 Å². The van der Waals surface area contributed by atoms with Gasteiger partial charge in [0, 0.05) is 78.3 Å². The van der Waals surface area contributed by atoms with Crippen molar-refractivity contribution in [3.63, 3.8) is 0 Å². The predicted octanol–water partition coefficient (Wildman–Crippen LogP) is 0.135. The third-order valence-corrected chi connectivity index (χ3v) is 5.67. The highest BCUT2D eigenvalue weighted by Crippen LogP contribution is 2.13. The van der Waals surface area contributed by atoms with Crippen molar-refractivity contribution in [1.29, 1.82) is 0 Å². The van der Waals surface area contributed by atoms with Gasteiger partial charge in [0.25, 0.3) is 0 Å². The van der Waals surface area contributed by atoms with Crippen LogP contribution in [-0.4, -0.2) is 95.1 Å². The van der Waals surface area contributed by atoms with Crippen molar-refractivity contribution in [2.75, 3.05) is 58.3 Å². The molecule has 0 aromatic carbocycles. The Morgan fingerprint density at radius 1 is 1.22 bits per heavy atom. The second-order valence-corrected chi connectivity index (χ2v) is 7.82. The number of halogens is 1. The molecule has 1 unspecified atom stereocenters. The van der Waals surface area contributed by atoms with E-state index in [1.807, 2.05) is 17.8 Å². The molecule has 4 heterocycles. The standard InChI is InChI=1S/C20H32N10O.HI/c1-21-19(25-16-4-5-18-26-17(15-31-2)27-30(18)14-16)22-8-9-28-10-12-29(13-11-28)20-23-6-3-7-24-20;/h3,6-7,16H,4-5,8-15H2,1-2H3,(H2,21,22,25);1H. The highest BCUT2D eigenvalue weighted by molar-refractivity contribution is 14.0. The molecular weight excluding hydrogens is 523 g/mol. The number of hydrogen-bond donors (Lipinski definition) is 2. The lowest BCUT2D eigenvalue weighted by Gasteiger charge is -2.34. The fraction of sp³-hybridized carbons (Fsp3) is 0.650. The van der Waals surface area contributed by atoms with Gasteiger partial charge in [0.2, 0.25) is 5.95 Å². The van der Waals surface area contributed by atoms with E-state index in [0.29, 0.717) is 6.61 Å². The van der Waals surface area contributed by atoms with Gasteiger partial charge in [-0.25, -0.2) is 19.6 Å². The fourth-order valence-corrected chi connectivity index (χ4v) is 4.02. The van der Waals surface area contributed by atoms with Crippen molar-refractivity contribution in [2.45, 2.75) is 32.0 Å². The number of nitrogens with one attached hydrogen (secondary N) is 2. The summed E-state index contributed by atoms with van der Waals surface area (Å²) in [5, 5.41) is 11.5. The van der Waals surface area contributed by atoms with Gasteiger partial charge in [-0.2, -0.15) is 5.10 Å². The van der Waals surface area contributed by atoms with E-state index < -0.39 is 0 Å². The summed E-state index contributed by atoms with van der Waals surface area (Å²) in [6, 6.07) is 2.13. The number of hydrogen-bond acceptors (Lipinski definition) is 8. The van der Waals surface area contributed by atoms with Crippen LogP contribution >= 0.6 is 24.0 Å². The molecule has 1 saturated heterocycles. The molecule has 0 radical (unpaired) electrons. The first-order valence-electron chi connectivity index (χ1n) is 10.9. The number of ether oxygens (including phenoxy) is 1. The molecule has 0 bridgehead atoms. The minimum atomic E-state index is 0. The van der Waals surface area contributed by atoms with Crippen LogP contribution in [0.5, 0.6) is 0 Å². The molecule has 0 saturated carbocycles. The van der Waals surface area contributed by atoms with Gasteiger partial charge in [0.15, 0.2) is 11.8 Å². The minimum absolute atomic E-state index is 0. The van der Waals surface area contributed by atoms with E-state index >= 15 is 0 Å². The van der Waals surface area contributed by atoms with E-state index in [-0.39, 0.29) is 30.0 Å². The molecule has 11 nitrogen and oxygen atoms in total. The van der Waals surface area contributed by atoms with Crippen LogP contribution < -0.4 is 15.5 Å². The number of aryl methyl sites for hydroxylation is 1. The number of anilines is 1. The van der Waals surface area contributed by atoms with Crippen LogP contribution in [0.1, 0.15) is 18.1 Å². The van der Waals surface area contributed by atoms with Crippen LogP contribution in [0, 0.1) is 0 Å². The first-order valence-corrected chi connectivity index (χ1v) is 10.9. The highest BCUT2D eigenvalue weighted by atomic mass is 127. The summed E-state index contributed by atoms with van der Waals surface area (Å²) < 4.78 is 7.13. The second kappa shape index (κ2) is 12.3. The number of guanidine groups is 1. The van der Waals surface area contributed by atoms with Crippen molar-refractivity contribution in [3.8, 4) is 0 Å². The van der Waals surface area contributed by atoms with Crippen molar-refractivity contribution < 1.29 is 4.74 Å². The topological polar surface area (TPSA) is 109 Å². The number of aliphatic imine (C=N–C) groups is 1. The maximum absolute atomic E-state index is 5.14. The monoisotopic (exact) mass is 556 g/mol. The SMILES string of the molecule is CN=C(NCCN1CCN(c2ncccn2)CC1)NC1CCc2nc(COC)nn2C1.I. The largest absolute Gasteiger partial charge is 0.377 e. The van der Waals surface area contributed by atoms with Crippen molar-refractivity contribution >= 4 is 35.9 Å². The first kappa shape index (κ1) is 24.6. The Morgan fingerprint density at radius 2 is 2.00 bits per heavy atom. The number of aromatic nitrogens is 5. The molecule has 2 aliphatic rings. The second-order valence-electron chi connectivity index (χ2n) is 7.82. The molecule has 0 spiro atoms. The van der Waals surface area contributed by atoms with Crippen LogP contribution in [0.3, 0.4) is 0 Å². The van der Waals surface area contributed by atoms with Gasteiger partial charge >= 0.3 is 0 Å². The van der Waals surface area contributed by atoms with Crippen LogP contribution in [0.15, 0.2) is 23.5 Å². The molecule has 1 atom stereocenters. The van der Waals surface area contributed by atoms with E-state index in [1.54, 1.807) is 19.5 Å². The first-order chi connectivity index (χ1) is 15.2. The normalized spacial score (nSPS) is 19.2. The fourth-order valence-electron chi connectivity index (χ4n) is 4.02. The summed E-state index contributed by atoms with van der Waals surface area (Å²) in [4.78, 5) is 22.3. The molecule has 32 heavy (non-hydrogen) atoms. The molecule has 176 valence electrons. The number of fused-ring (bicyclic) bond motifs is 1. The van der Waals surface area contributed by atoms with E-state index in [4.69, 9.17) is 4.74 Å². The van der Waals surface area contributed by atoms with Crippen LogP contribution in [0.25, 0.3) is 0 Å². The zero-order valence-corrected chi connectivity index (χ0v) is 21.1. The molecule has 12 heteroatoms. The Hall–Kier alpha value is -2.06. The smallest absolute Gasteiger partial charge is 0.225 e. The van der Waals surface area contributed by atoms with Gasteiger partial charge in [0.05, 0.1) is 6.54 Å². The van der Waals surface area contributed by atoms with Gasteiger partial charge in [-0.3, -0.25) is 9.89 Å². The lowest BCUT2D eigenvalue weighted by molar-refractivity contribution is 0.177. The van der Waals surface area contributed by atoms with Gasteiger partial charge in [-0.1, -0.05) is 0 Å². The van der Waals surface area contributed by atoms with Gasteiger partial charge in [-0.05, 0) is 12.5 Å². The van der Waals surface area contributed by atoms with Gasteiger partial charge < -0.3 is 20.3 Å². The molecule has 2 aliphatic heterocycles. The summed E-state index contributed by atoms with van der Waals surface area (Å²) in [7, 11) is 3.48. The molecule has 2 aromatic heterocycles. The molecule has 1 fully saturated rings. The molecule has 0 aliphatic carbocycles. The van der Waals surface area contributed by atoms with Crippen LogP contribution in [0.4, 0.5) is 5.95 Å². The van der Waals surface area contributed by atoms with Crippen molar-refractivity contribution in [1.82, 2.24) is 40.3 Å². The maximum Gasteiger partial charge on any atom is 0.225 e. The summed E-state index contributed by atoms with van der Waals surface area (Å²) in [6.45, 7) is 6.98. The van der Waals surface area contributed by atoms with E-state index in [2.05, 4.69) is 45.5 Å². The zero-order chi connectivity index (χ0) is 21.5. The number of rotatable bonds is 7. The third-order valence-electron chi connectivity index (χ3n) is 5.67. The summed E-state index contributed by atoms with van der Waals surface area (Å²) >= 11 is 0. The molecule has 2 aromatic rings. The van der Waals surface area contributed by atoms with Gasteiger partial charge in [-0.15, -0.1) is 24.0 Å². The Balaban J connectivity index is 0.00000289. The number of nitrogens with zero attached hydrogens (tertiary/aromatic N) is 8. The van der Waals surface area contributed by atoms with E-state index in [0.717, 1.165) is 82.2 Å². The maximum atomic E-state index is 5.14. The lowest BCUT2D eigenvalue weighted by atomic mass is 10.1. The van der Waals surface area contributed by atoms with Gasteiger partial charge in [0.1, 0.15) is 12.4 Å². The van der Waals surface area contributed by atoms with E-state index in [9.17, 15) is 0 Å². The molecule has 2 N–H and O–H groups in total. The lowest BCUT2D eigenvalue weighted by Crippen LogP contribution is -2.51. The number of piperazine rings is 1. The summed E-state index contributed by atoms with van der Waals surface area (Å²) in [5.74, 6) is 3.44. The Morgan fingerprint density at radius 3 is 2.72 bits per heavy atom. The van der Waals surface area contributed by atoms with Crippen LogP contribution in [-0.2, 0) is 24.3 Å². The average Bonchev–Trinajstić information content (AvgIpc) is 3.21. The molecular formula is C20H33IN10O. The summed E-state index contributed by atoms with van der Waals surface area (Å²) in [6.07, 6.45) is 5.51. The van der Waals surface area contributed by atoms with Crippen molar-refractivity contribution in [3.05, 3.63) is 30.1 Å².